The van der Waals surface area contributed by atoms with Crippen LogP contribution in [0.15, 0.2) is 18.3 Å². The van der Waals surface area contributed by atoms with Crippen molar-refractivity contribution in [3.05, 3.63) is 18.3 Å². The zero-order valence-electron chi connectivity index (χ0n) is 11.5. The maximum Gasteiger partial charge on any atom is 0.168 e. The molecule has 0 aliphatic heterocycles. The van der Waals surface area contributed by atoms with Gasteiger partial charge in [-0.15, -0.1) is 0 Å². The minimum absolute atomic E-state index is 0.166. The molecule has 1 heterocycles. The van der Waals surface area contributed by atoms with Crippen molar-refractivity contribution in [2.75, 3.05) is 18.4 Å². The zero-order chi connectivity index (χ0) is 13.2. The molecule has 0 saturated heterocycles. The molecule has 4 heteroatoms. The molecule has 0 spiro atoms. The summed E-state index contributed by atoms with van der Waals surface area (Å²) in [5, 5.41) is 3.33. The Hall–Kier alpha value is -1.29. The van der Waals surface area contributed by atoms with Crippen LogP contribution in [0.3, 0.4) is 0 Å². The third-order valence-corrected chi connectivity index (χ3v) is 2.56. The monoisotopic (exact) mass is 251 g/mol. The molecule has 3 N–H and O–H groups in total. The fourth-order valence-electron chi connectivity index (χ4n) is 1.70. The number of ether oxygens (including phenoxy) is 1. The summed E-state index contributed by atoms with van der Waals surface area (Å²) in [6.45, 7) is 5.75. The van der Waals surface area contributed by atoms with Gasteiger partial charge < -0.3 is 15.8 Å². The molecule has 102 valence electrons. The van der Waals surface area contributed by atoms with Gasteiger partial charge in [-0.2, -0.15) is 0 Å². The van der Waals surface area contributed by atoms with Crippen LogP contribution in [0, 0.1) is 0 Å². The number of pyridine rings is 1. The van der Waals surface area contributed by atoms with Crippen molar-refractivity contribution in [1.82, 2.24) is 4.98 Å². The zero-order valence-corrected chi connectivity index (χ0v) is 11.5. The Kier molecular flexibility index (Phi) is 7.18. The number of hydrogen-bond donors (Lipinski definition) is 2. The molecule has 0 bridgehead atoms. The molecule has 0 fully saturated rings. The molecular formula is C14H25N3O. The van der Waals surface area contributed by atoms with Crippen LogP contribution >= 0.6 is 0 Å². The number of nitrogens with one attached hydrogen (secondary N) is 1. The first-order valence-electron chi connectivity index (χ1n) is 6.79. The molecule has 0 radical (unpaired) electrons. The second kappa shape index (κ2) is 8.75. The average molecular weight is 251 g/mol. The second-order valence-corrected chi connectivity index (χ2v) is 4.65. The molecule has 18 heavy (non-hydrogen) atoms. The van der Waals surface area contributed by atoms with E-state index in [0.717, 1.165) is 37.5 Å². The normalized spacial score (nSPS) is 10.7. The fourth-order valence-corrected chi connectivity index (χ4v) is 1.70. The van der Waals surface area contributed by atoms with Gasteiger partial charge in [0.2, 0.25) is 0 Å². The fraction of sp³-hybridized carbons (Fsp3) is 0.643. The van der Waals surface area contributed by atoms with E-state index in [4.69, 9.17) is 10.5 Å². The average Bonchev–Trinajstić information content (AvgIpc) is 2.35. The summed E-state index contributed by atoms with van der Waals surface area (Å²) in [6, 6.07) is 3.84. The molecule has 0 atom stereocenters. The van der Waals surface area contributed by atoms with Crippen LogP contribution in [-0.4, -0.2) is 24.2 Å². The van der Waals surface area contributed by atoms with Gasteiger partial charge in [0.25, 0.3) is 0 Å². The summed E-state index contributed by atoms with van der Waals surface area (Å²) in [7, 11) is 0. The topological polar surface area (TPSA) is 60.2 Å². The van der Waals surface area contributed by atoms with Crippen molar-refractivity contribution in [2.45, 2.75) is 45.6 Å². The molecule has 0 saturated carbocycles. The molecule has 1 rings (SSSR count). The molecule has 0 aliphatic carbocycles. The standard InChI is InChI=1S/C14H25N3O/c1-12(2)18-13-8-7-11-17-14(13)16-10-6-4-3-5-9-15/h7-8,11-12H,3-6,9-10,15H2,1-2H3,(H,16,17). The van der Waals surface area contributed by atoms with Crippen LogP contribution in [-0.2, 0) is 0 Å². The molecular weight excluding hydrogens is 226 g/mol. The predicted octanol–water partition coefficient (Wildman–Crippen LogP) is 2.80. The highest BCUT2D eigenvalue weighted by atomic mass is 16.5. The van der Waals surface area contributed by atoms with Crippen molar-refractivity contribution in [3.8, 4) is 5.75 Å². The molecule has 0 amide bonds. The number of unbranched alkanes of at least 4 members (excludes halogenated alkanes) is 3. The lowest BCUT2D eigenvalue weighted by Crippen LogP contribution is -2.10. The van der Waals surface area contributed by atoms with E-state index >= 15 is 0 Å². The van der Waals surface area contributed by atoms with Crippen molar-refractivity contribution in [2.24, 2.45) is 5.73 Å². The minimum atomic E-state index is 0.166. The Labute approximate surface area is 110 Å². The Morgan fingerprint density at radius 3 is 2.78 bits per heavy atom. The van der Waals surface area contributed by atoms with Gasteiger partial charge in [0.15, 0.2) is 11.6 Å². The minimum Gasteiger partial charge on any atom is -0.487 e. The highest BCUT2D eigenvalue weighted by Crippen LogP contribution is 2.22. The molecule has 1 aromatic heterocycles. The molecule has 0 unspecified atom stereocenters. The number of anilines is 1. The van der Waals surface area contributed by atoms with Crippen molar-refractivity contribution < 1.29 is 4.74 Å². The van der Waals surface area contributed by atoms with E-state index in [1.807, 2.05) is 26.0 Å². The van der Waals surface area contributed by atoms with E-state index in [1.54, 1.807) is 6.20 Å². The summed E-state index contributed by atoms with van der Waals surface area (Å²) in [5.41, 5.74) is 5.46. The largest absolute Gasteiger partial charge is 0.487 e. The molecule has 4 nitrogen and oxygen atoms in total. The Morgan fingerprint density at radius 1 is 1.28 bits per heavy atom. The first kappa shape index (κ1) is 14.8. The number of hydrogen-bond acceptors (Lipinski definition) is 4. The highest BCUT2D eigenvalue weighted by molar-refractivity contribution is 5.49. The van der Waals surface area contributed by atoms with Gasteiger partial charge in [0.05, 0.1) is 6.10 Å². The van der Waals surface area contributed by atoms with Gasteiger partial charge in [-0.25, -0.2) is 4.98 Å². The third kappa shape index (κ3) is 5.87. The van der Waals surface area contributed by atoms with E-state index < -0.39 is 0 Å². The predicted molar refractivity (Wildman–Crippen MR) is 76.0 cm³/mol. The van der Waals surface area contributed by atoms with Crippen molar-refractivity contribution in [1.29, 1.82) is 0 Å². The summed E-state index contributed by atoms with van der Waals surface area (Å²) >= 11 is 0. The first-order valence-corrected chi connectivity index (χ1v) is 6.79. The lowest BCUT2D eigenvalue weighted by molar-refractivity contribution is 0.243. The van der Waals surface area contributed by atoms with Crippen LogP contribution < -0.4 is 15.8 Å². The van der Waals surface area contributed by atoms with E-state index in [0.29, 0.717) is 0 Å². The first-order chi connectivity index (χ1) is 8.74. The van der Waals surface area contributed by atoms with E-state index in [9.17, 15) is 0 Å². The van der Waals surface area contributed by atoms with Crippen LogP contribution in [0.1, 0.15) is 39.5 Å². The van der Waals surface area contributed by atoms with Gasteiger partial charge in [-0.3, -0.25) is 0 Å². The summed E-state index contributed by atoms with van der Waals surface area (Å²) in [6.07, 6.45) is 6.61. The number of aromatic nitrogens is 1. The van der Waals surface area contributed by atoms with E-state index in [-0.39, 0.29) is 6.10 Å². The van der Waals surface area contributed by atoms with Gasteiger partial charge >= 0.3 is 0 Å². The van der Waals surface area contributed by atoms with Crippen LogP contribution in [0.2, 0.25) is 0 Å². The second-order valence-electron chi connectivity index (χ2n) is 4.65. The Balaban J connectivity index is 2.32. The molecule has 1 aromatic rings. The smallest absolute Gasteiger partial charge is 0.168 e. The van der Waals surface area contributed by atoms with Crippen molar-refractivity contribution in [3.63, 3.8) is 0 Å². The molecule has 0 aromatic carbocycles. The van der Waals surface area contributed by atoms with E-state index in [1.165, 1.54) is 12.8 Å². The van der Waals surface area contributed by atoms with Crippen LogP contribution in [0.5, 0.6) is 5.75 Å². The van der Waals surface area contributed by atoms with Gasteiger partial charge in [0, 0.05) is 12.7 Å². The van der Waals surface area contributed by atoms with Crippen molar-refractivity contribution >= 4 is 5.82 Å². The molecule has 0 aliphatic rings. The summed E-state index contributed by atoms with van der Waals surface area (Å²) in [4.78, 5) is 4.31. The Morgan fingerprint density at radius 2 is 2.06 bits per heavy atom. The number of rotatable bonds is 9. The van der Waals surface area contributed by atoms with E-state index in [2.05, 4.69) is 10.3 Å². The third-order valence-electron chi connectivity index (χ3n) is 2.56. The summed E-state index contributed by atoms with van der Waals surface area (Å²) < 4.78 is 5.70. The number of nitrogens with two attached hydrogens (primary N) is 1. The maximum atomic E-state index is 5.70. The van der Waals surface area contributed by atoms with Gasteiger partial charge in [0.1, 0.15) is 0 Å². The van der Waals surface area contributed by atoms with Crippen LogP contribution in [0.25, 0.3) is 0 Å². The maximum absolute atomic E-state index is 5.70. The highest BCUT2D eigenvalue weighted by Gasteiger charge is 2.05. The Bertz CT molecular complexity index is 329. The van der Waals surface area contributed by atoms with Gasteiger partial charge in [-0.1, -0.05) is 12.8 Å². The lowest BCUT2D eigenvalue weighted by atomic mass is 10.2. The number of nitrogens with zero attached hydrogens (tertiary/aromatic N) is 1. The lowest BCUT2D eigenvalue weighted by Gasteiger charge is -2.14. The van der Waals surface area contributed by atoms with Gasteiger partial charge in [-0.05, 0) is 45.4 Å². The quantitative estimate of drug-likeness (QED) is 0.663. The SMILES string of the molecule is CC(C)Oc1cccnc1NCCCCCCN. The summed E-state index contributed by atoms with van der Waals surface area (Å²) in [5.74, 6) is 1.67. The van der Waals surface area contributed by atoms with Crippen LogP contribution in [0.4, 0.5) is 5.82 Å².